The number of aliphatic hydroxyl groups excluding tert-OH is 3. The Kier molecular flexibility index (Phi) is 6.05. The van der Waals surface area contributed by atoms with Crippen molar-refractivity contribution in [3.63, 3.8) is 0 Å². The Balaban J connectivity index is 2.04. The number of carbonyl (C=O) groups is 1. The molecule has 1 heterocycles. The van der Waals surface area contributed by atoms with Crippen LogP contribution in [0.4, 0.5) is 0 Å². The van der Waals surface area contributed by atoms with Gasteiger partial charge in [-0.05, 0) is 6.07 Å². The summed E-state index contributed by atoms with van der Waals surface area (Å²) in [7, 11) is 0. The molecule has 1 aromatic carbocycles. The molecule has 8 nitrogen and oxygen atoms in total. The van der Waals surface area contributed by atoms with Crippen molar-refractivity contribution in [1.82, 2.24) is 0 Å². The van der Waals surface area contributed by atoms with Gasteiger partial charge in [-0.15, -0.1) is 0 Å². The van der Waals surface area contributed by atoms with E-state index in [1.54, 1.807) is 24.3 Å². The van der Waals surface area contributed by atoms with Crippen LogP contribution in [0.1, 0.15) is 12.5 Å². The molecule has 8 heteroatoms. The van der Waals surface area contributed by atoms with Crippen molar-refractivity contribution in [2.24, 2.45) is 5.73 Å². The van der Waals surface area contributed by atoms with Crippen LogP contribution in [-0.2, 0) is 20.9 Å². The molecule has 0 amide bonds. The van der Waals surface area contributed by atoms with Crippen LogP contribution in [0.2, 0.25) is 0 Å². The summed E-state index contributed by atoms with van der Waals surface area (Å²) in [5.74, 6) is -0.106. The van der Waals surface area contributed by atoms with Gasteiger partial charge in [0.2, 0.25) is 0 Å². The summed E-state index contributed by atoms with van der Waals surface area (Å²) in [6, 6.07) is 5.82. The Labute approximate surface area is 133 Å². The first-order chi connectivity index (χ1) is 10.9. The molecule has 0 aromatic heterocycles. The molecular formula is C15H21NO7. The number of ether oxygens (including phenoxy) is 3. The van der Waals surface area contributed by atoms with E-state index < -0.39 is 43.2 Å². The molecule has 1 aromatic rings. The first kappa shape index (κ1) is 17.8. The molecule has 1 aliphatic rings. The lowest BCUT2D eigenvalue weighted by Gasteiger charge is -2.40. The number of rotatable bonds is 5. The third-order valence-electron chi connectivity index (χ3n) is 3.56. The molecule has 23 heavy (non-hydrogen) atoms. The van der Waals surface area contributed by atoms with Crippen LogP contribution in [-0.4, -0.2) is 58.5 Å². The highest BCUT2D eigenvalue weighted by molar-refractivity contribution is 5.69. The highest BCUT2D eigenvalue weighted by Crippen LogP contribution is 2.24. The summed E-state index contributed by atoms with van der Waals surface area (Å²) < 4.78 is 16.0. The van der Waals surface area contributed by atoms with Crippen molar-refractivity contribution >= 4 is 5.97 Å². The first-order valence-corrected chi connectivity index (χ1v) is 7.20. The maximum absolute atomic E-state index is 11.1. The van der Waals surface area contributed by atoms with E-state index in [-0.39, 0.29) is 6.61 Å². The number of benzene rings is 1. The van der Waals surface area contributed by atoms with E-state index in [0.29, 0.717) is 11.3 Å². The van der Waals surface area contributed by atoms with Crippen LogP contribution in [0, 0.1) is 0 Å². The molecule has 128 valence electrons. The summed E-state index contributed by atoms with van der Waals surface area (Å²) in [5, 5.41) is 28.8. The van der Waals surface area contributed by atoms with Crippen molar-refractivity contribution in [2.75, 3.05) is 6.61 Å². The zero-order chi connectivity index (χ0) is 17.0. The number of carbonyl (C=O) groups excluding carboxylic acids is 1. The van der Waals surface area contributed by atoms with Crippen molar-refractivity contribution in [3.8, 4) is 5.75 Å². The van der Waals surface area contributed by atoms with Crippen LogP contribution in [0.5, 0.6) is 5.75 Å². The molecule has 0 saturated carbocycles. The van der Waals surface area contributed by atoms with Crippen molar-refractivity contribution in [2.45, 2.75) is 44.2 Å². The third-order valence-corrected chi connectivity index (χ3v) is 3.56. The maximum atomic E-state index is 11.1. The smallest absolute Gasteiger partial charge is 0.308 e. The molecule has 5 N–H and O–H groups in total. The molecule has 1 fully saturated rings. The molecule has 1 saturated heterocycles. The van der Waals surface area contributed by atoms with Crippen LogP contribution in [0.25, 0.3) is 0 Å². The maximum Gasteiger partial charge on any atom is 0.308 e. The number of nitrogens with two attached hydrogens (primary N) is 1. The summed E-state index contributed by atoms with van der Waals surface area (Å²) in [6.07, 6.45) is -4.58. The Morgan fingerprint density at radius 2 is 2.00 bits per heavy atom. The van der Waals surface area contributed by atoms with Crippen LogP contribution in [0.3, 0.4) is 0 Å². The second-order valence-corrected chi connectivity index (χ2v) is 5.30. The minimum atomic E-state index is -1.29. The largest absolute Gasteiger partial charge is 0.426 e. The fourth-order valence-electron chi connectivity index (χ4n) is 2.30. The summed E-state index contributed by atoms with van der Waals surface area (Å²) >= 11 is 0. The van der Waals surface area contributed by atoms with E-state index in [9.17, 15) is 15.0 Å². The molecule has 0 spiro atoms. The lowest BCUT2D eigenvalue weighted by molar-refractivity contribution is -0.269. The van der Waals surface area contributed by atoms with Crippen molar-refractivity contribution in [1.29, 1.82) is 0 Å². The van der Waals surface area contributed by atoms with Crippen molar-refractivity contribution < 1.29 is 34.3 Å². The van der Waals surface area contributed by atoms with E-state index in [0.717, 1.165) is 0 Å². The second-order valence-electron chi connectivity index (χ2n) is 5.30. The van der Waals surface area contributed by atoms with Gasteiger partial charge in [0.25, 0.3) is 0 Å². The highest BCUT2D eigenvalue weighted by Gasteiger charge is 2.43. The predicted molar refractivity (Wildman–Crippen MR) is 78.3 cm³/mol. The lowest BCUT2D eigenvalue weighted by Crippen LogP contribution is -2.62. The topological polar surface area (TPSA) is 131 Å². The SMILES string of the molecule is CC(=O)Oc1ccccc1COC1O[C@H](CO)[C@@H](O)[C@H](O)[C@H]1N. The predicted octanol–water partition coefficient (Wildman–Crippen LogP) is -1.11. The molecule has 0 aliphatic carbocycles. The van der Waals surface area contributed by atoms with Gasteiger partial charge in [-0.3, -0.25) is 4.79 Å². The number of esters is 1. The second kappa shape index (κ2) is 7.82. The minimum Gasteiger partial charge on any atom is -0.426 e. The van der Waals surface area contributed by atoms with Gasteiger partial charge in [0.1, 0.15) is 24.1 Å². The molecule has 1 unspecified atom stereocenters. The molecule has 1 aliphatic heterocycles. The van der Waals surface area contributed by atoms with E-state index in [1.165, 1.54) is 6.92 Å². The van der Waals surface area contributed by atoms with Crippen LogP contribution >= 0.6 is 0 Å². The van der Waals surface area contributed by atoms with E-state index in [2.05, 4.69) is 0 Å². The minimum absolute atomic E-state index is 0.0167. The molecular weight excluding hydrogens is 306 g/mol. The average Bonchev–Trinajstić information content (AvgIpc) is 2.53. The first-order valence-electron chi connectivity index (χ1n) is 7.20. The zero-order valence-electron chi connectivity index (χ0n) is 12.7. The Morgan fingerprint density at radius 3 is 2.65 bits per heavy atom. The lowest BCUT2D eigenvalue weighted by atomic mass is 9.98. The van der Waals surface area contributed by atoms with Gasteiger partial charge in [-0.2, -0.15) is 0 Å². The standard InChI is InChI=1S/C15H21NO7/c1-8(18)22-10-5-3-2-4-9(10)7-21-15-12(16)14(20)13(19)11(6-17)23-15/h2-5,11-15,17,19-20H,6-7,16H2,1H3/t11-,12-,13-,14-,15?/m1/s1. The highest BCUT2D eigenvalue weighted by atomic mass is 16.7. The quantitative estimate of drug-likeness (QED) is 0.396. The molecule has 2 rings (SSSR count). The van der Waals surface area contributed by atoms with Crippen LogP contribution in [0.15, 0.2) is 24.3 Å². The summed E-state index contributed by atoms with van der Waals surface area (Å²) in [4.78, 5) is 11.1. The fraction of sp³-hybridized carbons (Fsp3) is 0.533. The van der Waals surface area contributed by atoms with Gasteiger partial charge in [0.05, 0.1) is 19.3 Å². The summed E-state index contributed by atoms with van der Waals surface area (Å²) in [6.45, 7) is 0.832. The molecule has 5 atom stereocenters. The Hall–Kier alpha value is -1.55. The molecule has 0 bridgehead atoms. The van der Waals surface area contributed by atoms with Gasteiger partial charge in [0.15, 0.2) is 6.29 Å². The van der Waals surface area contributed by atoms with Gasteiger partial charge < -0.3 is 35.3 Å². The number of hydrogen-bond acceptors (Lipinski definition) is 8. The van der Waals surface area contributed by atoms with Gasteiger partial charge in [0, 0.05) is 12.5 Å². The fourth-order valence-corrected chi connectivity index (χ4v) is 2.30. The van der Waals surface area contributed by atoms with E-state index in [1.807, 2.05) is 0 Å². The number of aliphatic hydroxyl groups is 3. The normalized spacial score (nSPS) is 30.9. The van der Waals surface area contributed by atoms with Gasteiger partial charge >= 0.3 is 5.97 Å². The molecule has 0 radical (unpaired) electrons. The van der Waals surface area contributed by atoms with E-state index >= 15 is 0 Å². The number of para-hydroxylation sites is 1. The van der Waals surface area contributed by atoms with Crippen LogP contribution < -0.4 is 10.5 Å². The monoisotopic (exact) mass is 327 g/mol. The number of hydrogen-bond donors (Lipinski definition) is 4. The Morgan fingerprint density at radius 1 is 1.30 bits per heavy atom. The Bertz CT molecular complexity index is 536. The zero-order valence-corrected chi connectivity index (χ0v) is 12.7. The van der Waals surface area contributed by atoms with Gasteiger partial charge in [-0.25, -0.2) is 0 Å². The van der Waals surface area contributed by atoms with Gasteiger partial charge in [-0.1, -0.05) is 18.2 Å². The third kappa shape index (κ3) is 4.25. The van der Waals surface area contributed by atoms with E-state index in [4.69, 9.17) is 25.1 Å². The summed E-state index contributed by atoms with van der Waals surface area (Å²) in [5.41, 5.74) is 6.38. The average molecular weight is 327 g/mol. The van der Waals surface area contributed by atoms with Crippen molar-refractivity contribution in [3.05, 3.63) is 29.8 Å².